The highest BCUT2D eigenvalue weighted by atomic mass is 16.5. The van der Waals surface area contributed by atoms with E-state index in [1.807, 2.05) is 0 Å². The van der Waals surface area contributed by atoms with Crippen molar-refractivity contribution >= 4 is 24.1 Å². The highest BCUT2D eigenvalue weighted by Gasteiger charge is 2.14. The second-order valence-corrected chi connectivity index (χ2v) is 2.20. The highest BCUT2D eigenvalue weighted by Crippen LogP contribution is 1.80. The molecular weight excluding hydrogens is 188 g/mol. The highest BCUT2D eigenvalue weighted by molar-refractivity contribution is 6.41. The Labute approximate surface area is 81.3 Å². The van der Waals surface area contributed by atoms with Crippen LogP contribution in [-0.2, 0) is 19.1 Å². The van der Waals surface area contributed by atoms with Crippen molar-refractivity contribution < 1.29 is 19.1 Å². The molecule has 1 N–H and O–H groups in total. The van der Waals surface area contributed by atoms with Crippen molar-refractivity contribution in [3.63, 3.8) is 0 Å². The summed E-state index contributed by atoms with van der Waals surface area (Å²) in [7, 11) is 0. The summed E-state index contributed by atoms with van der Waals surface area (Å²) >= 11 is 0. The van der Waals surface area contributed by atoms with Gasteiger partial charge < -0.3 is 10.1 Å². The summed E-state index contributed by atoms with van der Waals surface area (Å²) in [6, 6.07) is 0. The summed E-state index contributed by atoms with van der Waals surface area (Å²) in [6.45, 7) is 4.07. The number of amides is 2. The molecule has 1 heterocycles. The van der Waals surface area contributed by atoms with E-state index >= 15 is 0 Å². The monoisotopic (exact) mass is 200 g/mol. The van der Waals surface area contributed by atoms with Crippen LogP contribution in [0, 0.1) is 0 Å². The van der Waals surface area contributed by atoms with Gasteiger partial charge in [0.2, 0.25) is 0 Å². The third-order valence-electron chi connectivity index (χ3n) is 1.17. The predicted octanol–water partition coefficient (Wildman–Crippen LogP) is -0.369. The van der Waals surface area contributed by atoms with Gasteiger partial charge in [-0.15, -0.1) is 0 Å². The number of aliphatic imine (C=N–C) groups is 1. The van der Waals surface area contributed by atoms with Crippen LogP contribution in [-0.4, -0.2) is 30.7 Å². The van der Waals surface area contributed by atoms with Crippen molar-refractivity contribution in [2.45, 2.75) is 20.3 Å². The first-order valence-electron chi connectivity index (χ1n) is 4.14. The molecule has 0 saturated heterocycles. The number of hydrogen-bond donors (Lipinski definition) is 1. The van der Waals surface area contributed by atoms with Crippen LogP contribution < -0.4 is 5.32 Å². The maximum absolute atomic E-state index is 10.2. The number of ether oxygens (including phenoxy) is 1. The molecule has 0 saturated carbocycles. The number of rotatable bonds is 2. The second-order valence-electron chi connectivity index (χ2n) is 2.20. The van der Waals surface area contributed by atoms with Crippen molar-refractivity contribution in [1.82, 2.24) is 5.32 Å². The molecular formula is C8H12N2O4. The lowest BCUT2D eigenvalue weighted by molar-refractivity contribution is -0.142. The number of hydrogen-bond acceptors (Lipinski definition) is 4. The molecule has 0 radical (unpaired) electrons. The molecule has 0 aromatic carbocycles. The molecule has 6 heteroatoms. The van der Waals surface area contributed by atoms with Gasteiger partial charge in [-0.3, -0.25) is 14.4 Å². The fraction of sp³-hybridized carbons (Fsp3) is 0.500. The lowest BCUT2D eigenvalue weighted by Crippen LogP contribution is -2.19. The third-order valence-corrected chi connectivity index (χ3v) is 1.17. The van der Waals surface area contributed by atoms with Gasteiger partial charge in [-0.2, -0.15) is 4.99 Å². The van der Waals surface area contributed by atoms with Crippen molar-refractivity contribution in [2.75, 3.05) is 6.61 Å². The molecule has 0 aliphatic carbocycles. The Balaban J connectivity index is 0.000000241. The molecule has 2 amide bonds. The first-order valence-corrected chi connectivity index (χ1v) is 4.14. The first-order chi connectivity index (χ1) is 6.61. The standard InChI is InChI=1S/C5H10O2.C3H2N2O2/c1-3-5(6)7-4-2;6-2-3(7)5-1-4-2/h3-4H2,1-2H3;1H,(H,4,5,6,7). The molecule has 0 spiro atoms. The maximum Gasteiger partial charge on any atom is 0.336 e. The summed E-state index contributed by atoms with van der Waals surface area (Å²) in [5.41, 5.74) is 0. The molecule has 1 aliphatic rings. The number of nitrogens with one attached hydrogen (secondary N) is 1. The molecule has 0 unspecified atom stereocenters. The Bertz CT molecular complexity index is 260. The molecule has 6 nitrogen and oxygen atoms in total. The van der Waals surface area contributed by atoms with E-state index in [0.717, 1.165) is 6.34 Å². The zero-order valence-corrected chi connectivity index (χ0v) is 8.07. The minimum absolute atomic E-state index is 0.123. The molecule has 0 fully saturated rings. The molecule has 0 aromatic heterocycles. The lowest BCUT2D eigenvalue weighted by atomic mass is 10.5. The van der Waals surface area contributed by atoms with Crippen molar-refractivity contribution in [2.24, 2.45) is 4.99 Å². The molecule has 1 aliphatic heterocycles. The van der Waals surface area contributed by atoms with E-state index < -0.39 is 11.8 Å². The Morgan fingerprint density at radius 3 is 2.29 bits per heavy atom. The summed E-state index contributed by atoms with van der Waals surface area (Å²) < 4.78 is 4.55. The minimum Gasteiger partial charge on any atom is -0.466 e. The fourth-order valence-electron chi connectivity index (χ4n) is 0.533. The van der Waals surface area contributed by atoms with Gasteiger partial charge in [0.25, 0.3) is 0 Å². The van der Waals surface area contributed by atoms with Gasteiger partial charge in [0, 0.05) is 6.42 Å². The van der Waals surface area contributed by atoms with E-state index in [4.69, 9.17) is 0 Å². The largest absolute Gasteiger partial charge is 0.466 e. The third kappa shape index (κ3) is 5.02. The number of carbonyl (C=O) groups is 3. The van der Waals surface area contributed by atoms with E-state index in [1.165, 1.54) is 0 Å². The Morgan fingerprint density at radius 2 is 2.14 bits per heavy atom. The quantitative estimate of drug-likeness (QED) is 0.487. The van der Waals surface area contributed by atoms with E-state index in [-0.39, 0.29) is 5.97 Å². The topological polar surface area (TPSA) is 84.8 Å². The van der Waals surface area contributed by atoms with Gasteiger partial charge in [0.15, 0.2) is 0 Å². The molecule has 1 rings (SSSR count). The predicted molar refractivity (Wildman–Crippen MR) is 48.6 cm³/mol. The Kier molecular flexibility index (Phi) is 5.93. The van der Waals surface area contributed by atoms with Crippen molar-refractivity contribution in [3.8, 4) is 0 Å². The molecule has 0 aromatic rings. The van der Waals surface area contributed by atoms with Crippen LogP contribution in [0.4, 0.5) is 0 Å². The van der Waals surface area contributed by atoms with E-state index in [9.17, 15) is 14.4 Å². The van der Waals surface area contributed by atoms with Crippen LogP contribution in [0.25, 0.3) is 0 Å². The average Bonchev–Trinajstić information content (AvgIpc) is 2.52. The van der Waals surface area contributed by atoms with Crippen LogP contribution in [0.15, 0.2) is 4.99 Å². The number of nitrogens with zero attached hydrogens (tertiary/aromatic N) is 1. The summed E-state index contributed by atoms with van der Waals surface area (Å²) in [4.78, 5) is 33.2. The smallest absolute Gasteiger partial charge is 0.336 e. The summed E-state index contributed by atoms with van der Waals surface area (Å²) in [6.07, 6.45) is 1.55. The molecule has 14 heavy (non-hydrogen) atoms. The van der Waals surface area contributed by atoms with Gasteiger partial charge in [0.1, 0.15) is 0 Å². The van der Waals surface area contributed by atoms with Gasteiger partial charge in [-0.25, -0.2) is 0 Å². The van der Waals surface area contributed by atoms with Crippen LogP contribution >= 0.6 is 0 Å². The fourth-order valence-corrected chi connectivity index (χ4v) is 0.533. The summed E-state index contributed by atoms with van der Waals surface area (Å²) in [5, 5.41) is 2.09. The first kappa shape index (κ1) is 12.3. The van der Waals surface area contributed by atoms with Crippen LogP contribution in [0.3, 0.4) is 0 Å². The SMILES string of the molecule is CCOC(=O)CC.O=C1N=CNC1=O. The van der Waals surface area contributed by atoms with Crippen LogP contribution in [0.2, 0.25) is 0 Å². The van der Waals surface area contributed by atoms with Gasteiger partial charge in [-0.1, -0.05) is 6.92 Å². The zero-order valence-electron chi connectivity index (χ0n) is 8.07. The number of carbonyl (C=O) groups excluding carboxylic acids is 3. The molecule has 0 atom stereocenters. The Morgan fingerprint density at radius 1 is 1.50 bits per heavy atom. The van der Waals surface area contributed by atoms with Gasteiger partial charge in [-0.05, 0) is 6.92 Å². The maximum atomic E-state index is 10.2. The van der Waals surface area contributed by atoms with Crippen molar-refractivity contribution in [1.29, 1.82) is 0 Å². The second kappa shape index (κ2) is 6.76. The number of esters is 1. The molecule has 78 valence electrons. The Hall–Kier alpha value is -1.72. The van der Waals surface area contributed by atoms with E-state index in [2.05, 4.69) is 15.0 Å². The minimum atomic E-state index is -0.722. The summed E-state index contributed by atoms with van der Waals surface area (Å²) in [5.74, 6) is -1.50. The van der Waals surface area contributed by atoms with Crippen molar-refractivity contribution in [3.05, 3.63) is 0 Å². The van der Waals surface area contributed by atoms with E-state index in [1.54, 1.807) is 13.8 Å². The average molecular weight is 200 g/mol. The lowest BCUT2D eigenvalue weighted by Gasteiger charge is -1.93. The van der Waals surface area contributed by atoms with Gasteiger partial charge in [0.05, 0.1) is 12.9 Å². The van der Waals surface area contributed by atoms with Crippen LogP contribution in [0.1, 0.15) is 20.3 Å². The van der Waals surface area contributed by atoms with Gasteiger partial charge >= 0.3 is 17.8 Å². The zero-order chi connectivity index (χ0) is 11.0. The van der Waals surface area contributed by atoms with Crippen LogP contribution in [0.5, 0.6) is 0 Å². The normalized spacial score (nSPS) is 13.0. The van der Waals surface area contributed by atoms with E-state index in [0.29, 0.717) is 13.0 Å². The molecule has 0 bridgehead atoms.